The number of hydrogen-bond acceptors (Lipinski definition) is 2. The normalized spacial score (nSPS) is 14.1. The van der Waals surface area contributed by atoms with Crippen molar-refractivity contribution in [1.82, 2.24) is 0 Å². The van der Waals surface area contributed by atoms with E-state index in [0.717, 1.165) is 38.5 Å². The van der Waals surface area contributed by atoms with E-state index in [4.69, 9.17) is 10.2 Å². The Kier molecular flexibility index (Phi) is 9.33. The molecule has 0 bridgehead atoms. The predicted molar refractivity (Wildman–Crippen MR) is 70.5 cm³/mol. The Morgan fingerprint density at radius 1 is 0.889 bits per heavy atom. The highest BCUT2D eigenvalue weighted by Crippen LogP contribution is 2.26. The molecule has 4 nitrogen and oxygen atoms in total. The van der Waals surface area contributed by atoms with E-state index in [1.54, 1.807) is 0 Å². The highest BCUT2D eigenvalue weighted by molar-refractivity contribution is 5.66. The van der Waals surface area contributed by atoms with Gasteiger partial charge in [0.1, 0.15) is 0 Å². The van der Waals surface area contributed by atoms with Gasteiger partial charge in [0.05, 0.1) is 0 Å². The maximum atomic E-state index is 10.6. The van der Waals surface area contributed by atoms with Crippen LogP contribution in [0.3, 0.4) is 0 Å². The molecule has 0 aromatic rings. The van der Waals surface area contributed by atoms with Crippen molar-refractivity contribution in [2.24, 2.45) is 11.8 Å². The van der Waals surface area contributed by atoms with Crippen LogP contribution in [0, 0.1) is 11.8 Å². The second kappa shape index (κ2) is 9.92. The van der Waals surface area contributed by atoms with E-state index in [1.165, 1.54) is 0 Å². The summed E-state index contributed by atoms with van der Waals surface area (Å²) in [6.07, 6.45) is 5.95. The van der Waals surface area contributed by atoms with Crippen LogP contribution in [-0.4, -0.2) is 22.2 Å². The van der Waals surface area contributed by atoms with Crippen molar-refractivity contribution in [2.75, 3.05) is 0 Å². The molecule has 0 aliphatic carbocycles. The van der Waals surface area contributed by atoms with E-state index in [2.05, 4.69) is 13.8 Å². The SMILES string of the molecule is CCC(CCCC(=O)O)CC(CC)CCC(=O)O. The van der Waals surface area contributed by atoms with Gasteiger partial charge < -0.3 is 10.2 Å². The van der Waals surface area contributed by atoms with E-state index in [1.807, 2.05) is 0 Å². The zero-order valence-electron chi connectivity index (χ0n) is 11.5. The lowest BCUT2D eigenvalue weighted by Gasteiger charge is -2.21. The first-order valence-electron chi connectivity index (χ1n) is 6.93. The van der Waals surface area contributed by atoms with Crippen molar-refractivity contribution in [3.8, 4) is 0 Å². The first-order valence-corrected chi connectivity index (χ1v) is 6.93. The number of rotatable bonds is 11. The molecule has 0 aromatic heterocycles. The Labute approximate surface area is 109 Å². The predicted octanol–water partition coefficient (Wildman–Crippen LogP) is 3.55. The molecule has 0 aliphatic heterocycles. The molecule has 0 aromatic carbocycles. The Hall–Kier alpha value is -1.06. The standard InChI is InChI=1S/C14H26O4/c1-3-11(6-5-7-13(15)16)10-12(4-2)8-9-14(17)18/h11-12H,3-10H2,1-2H3,(H,15,16)(H,17,18). The summed E-state index contributed by atoms with van der Waals surface area (Å²) in [6, 6.07) is 0. The molecular formula is C14H26O4. The molecule has 2 N–H and O–H groups in total. The van der Waals surface area contributed by atoms with Crippen LogP contribution < -0.4 is 0 Å². The quantitative estimate of drug-likeness (QED) is 0.594. The van der Waals surface area contributed by atoms with Crippen LogP contribution in [0.25, 0.3) is 0 Å². The zero-order chi connectivity index (χ0) is 14.0. The first-order chi connectivity index (χ1) is 8.49. The molecule has 0 spiro atoms. The van der Waals surface area contributed by atoms with Crippen LogP contribution >= 0.6 is 0 Å². The Balaban J connectivity index is 3.97. The average molecular weight is 258 g/mol. The van der Waals surface area contributed by atoms with Gasteiger partial charge in [0, 0.05) is 12.8 Å². The molecule has 4 heteroatoms. The molecule has 18 heavy (non-hydrogen) atoms. The minimum atomic E-state index is -0.734. The summed E-state index contributed by atoms with van der Waals surface area (Å²) >= 11 is 0. The van der Waals surface area contributed by atoms with Gasteiger partial charge in [-0.2, -0.15) is 0 Å². The maximum Gasteiger partial charge on any atom is 0.303 e. The van der Waals surface area contributed by atoms with E-state index >= 15 is 0 Å². The molecule has 0 rings (SSSR count). The van der Waals surface area contributed by atoms with Gasteiger partial charge in [-0.15, -0.1) is 0 Å². The molecule has 0 heterocycles. The van der Waals surface area contributed by atoms with Gasteiger partial charge in [0.2, 0.25) is 0 Å². The number of carboxylic acids is 2. The van der Waals surface area contributed by atoms with Crippen molar-refractivity contribution in [3.05, 3.63) is 0 Å². The van der Waals surface area contributed by atoms with E-state index < -0.39 is 11.9 Å². The van der Waals surface area contributed by atoms with Gasteiger partial charge in [-0.25, -0.2) is 0 Å². The number of aliphatic carboxylic acids is 2. The number of carboxylic acid groups (broad SMARTS) is 2. The highest BCUT2D eigenvalue weighted by Gasteiger charge is 2.15. The van der Waals surface area contributed by atoms with Crippen molar-refractivity contribution in [2.45, 2.75) is 65.2 Å². The molecule has 0 amide bonds. The third kappa shape index (κ3) is 9.02. The second-order valence-corrected chi connectivity index (χ2v) is 5.00. The minimum Gasteiger partial charge on any atom is -0.481 e. The largest absolute Gasteiger partial charge is 0.481 e. The fraction of sp³-hybridized carbons (Fsp3) is 0.857. The molecule has 106 valence electrons. The smallest absolute Gasteiger partial charge is 0.303 e. The van der Waals surface area contributed by atoms with Crippen molar-refractivity contribution >= 4 is 11.9 Å². The topological polar surface area (TPSA) is 74.6 Å². The fourth-order valence-electron chi connectivity index (χ4n) is 2.32. The Morgan fingerprint density at radius 2 is 1.39 bits per heavy atom. The summed E-state index contributed by atoms with van der Waals surface area (Å²) in [5.74, 6) is -0.478. The fourth-order valence-corrected chi connectivity index (χ4v) is 2.32. The lowest BCUT2D eigenvalue weighted by Crippen LogP contribution is -2.10. The van der Waals surface area contributed by atoms with Gasteiger partial charge in [-0.05, 0) is 37.5 Å². The zero-order valence-corrected chi connectivity index (χ0v) is 11.5. The Bertz CT molecular complexity index is 250. The molecule has 0 radical (unpaired) electrons. The van der Waals surface area contributed by atoms with Crippen molar-refractivity contribution in [1.29, 1.82) is 0 Å². The average Bonchev–Trinajstić information content (AvgIpc) is 2.31. The van der Waals surface area contributed by atoms with Gasteiger partial charge in [-0.3, -0.25) is 9.59 Å². The minimum absolute atomic E-state index is 0.239. The lowest BCUT2D eigenvalue weighted by atomic mass is 9.85. The Morgan fingerprint density at radius 3 is 1.83 bits per heavy atom. The van der Waals surface area contributed by atoms with Crippen LogP contribution in [0.15, 0.2) is 0 Å². The number of hydrogen-bond donors (Lipinski definition) is 2. The van der Waals surface area contributed by atoms with E-state index in [9.17, 15) is 9.59 Å². The maximum absolute atomic E-state index is 10.6. The van der Waals surface area contributed by atoms with Gasteiger partial charge in [0.25, 0.3) is 0 Å². The summed E-state index contributed by atoms with van der Waals surface area (Å²) < 4.78 is 0. The molecule has 0 saturated carbocycles. The number of carbonyl (C=O) groups is 2. The monoisotopic (exact) mass is 258 g/mol. The molecule has 0 fully saturated rings. The van der Waals surface area contributed by atoms with Crippen LogP contribution in [0.5, 0.6) is 0 Å². The summed E-state index contributed by atoms with van der Waals surface area (Å²) in [6.45, 7) is 4.21. The molecule has 0 aliphatic rings. The third-order valence-corrected chi connectivity index (χ3v) is 3.59. The van der Waals surface area contributed by atoms with Crippen LogP contribution in [-0.2, 0) is 9.59 Å². The summed E-state index contributed by atoms with van der Waals surface area (Å²) in [5.41, 5.74) is 0. The summed E-state index contributed by atoms with van der Waals surface area (Å²) in [5, 5.41) is 17.3. The second-order valence-electron chi connectivity index (χ2n) is 5.00. The van der Waals surface area contributed by atoms with E-state index in [-0.39, 0.29) is 12.8 Å². The van der Waals surface area contributed by atoms with Crippen molar-refractivity contribution in [3.63, 3.8) is 0 Å². The van der Waals surface area contributed by atoms with Crippen LogP contribution in [0.1, 0.15) is 65.2 Å². The van der Waals surface area contributed by atoms with Crippen LogP contribution in [0.2, 0.25) is 0 Å². The summed E-state index contributed by atoms with van der Waals surface area (Å²) in [7, 11) is 0. The highest BCUT2D eigenvalue weighted by atomic mass is 16.4. The van der Waals surface area contributed by atoms with Gasteiger partial charge in [-0.1, -0.05) is 26.7 Å². The molecule has 2 unspecified atom stereocenters. The molecular weight excluding hydrogens is 232 g/mol. The van der Waals surface area contributed by atoms with Gasteiger partial charge >= 0.3 is 11.9 Å². The third-order valence-electron chi connectivity index (χ3n) is 3.59. The summed E-state index contributed by atoms with van der Waals surface area (Å²) in [4.78, 5) is 21.0. The molecule has 0 saturated heterocycles. The first kappa shape index (κ1) is 16.9. The van der Waals surface area contributed by atoms with Gasteiger partial charge in [0.15, 0.2) is 0 Å². The van der Waals surface area contributed by atoms with E-state index in [0.29, 0.717) is 11.8 Å². The molecule has 2 atom stereocenters. The van der Waals surface area contributed by atoms with Crippen molar-refractivity contribution < 1.29 is 19.8 Å². The lowest BCUT2D eigenvalue weighted by molar-refractivity contribution is -0.138. The van der Waals surface area contributed by atoms with Crippen LogP contribution in [0.4, 0.5) is 0 Å².